The molecule has 5 heteroatoms. The number of benzene rings is 2. The second kappa shape index (κ2) is 4.85. The zero-order chi connectivity index (χ0) is 14.1. The summed E-state index contributed by atoms with van der Waals surface area (Å²) in [4.78, 5) is 10.7. The van der Waals surface area contributed by atoms with Crippen molar-refractivity contribution in [1.82, 2.24) is 0 Å². The second-order valence-corrected chi connectivity index (χ2v) is 4.75. The van der Waals surface area contributed by atoms with Crippen LogP contribution in [0.5, 0.6) is 11.5 Å². The largest absolute Gasteiger partial charge is 0.508 e. The molecule has 20 heavy (non-hydrogen) atoms. The maximum Gasteiger partial charge on any atom is 0.276 e. The predicted molar refractivity (Wildman–Crippen MR) is 72.9 cm³/mol. The number of aromatic hydroxyl groups is 1. The summed E-state index contributed by atoms with van der Waals surface area (Å²) in [7, 11) is 0. The summed E-state index contributed by atoms with van der Waals surface area (Å²) in [6, 6.07) is 11.6. The lowest BCUT2D eigenvalue weighted by Gasteiger charge is -2.26. The zero-order valence-electron chi connectivity index (χ0n) is 10.7. The topological polar surface area (TPSA) is 72.6 Å². The Labute approximate surface area is 115 Å². The smallest absolute Gasteiger partial charge is 0.276 e. The van der Waals surface area contributed by atoms with Gasteiger partial charge in [-0.05, 0) is 42.7 Å². The first-order valence-electron chi connectivity index (χ1n) is 6.37. The molecular weight excluding hydrogens is 258 g/mol. The van der Waals surface area contributed by atoms with E-state index < -0.39 is 0 Å². The Balaban J connectivity index is 1.95. The van der Waals surface area contributed by atoms with Gasteiger partial charge in [0.25, 0.3) is 5.69 Å². The predicted octanol–water partition coefficient (Wildman–Crippen LogP) is 3.37. The Morgan fingerprint density at radius 1 is 1.25 bits per heavy atom. The molecule has 2 aromatic rings. The summed E-state index contributed by atoms with van der Waals surface area (Å²) in [5.41, 5.74) is 1.61. The number of para-hydroxylation sites is 1. The van der Waals surface area contributed by atoms with E-state index >= 15 is 0 Å². The quantitative estimate of drug-likeness (QED) is 0.671. The van der Waals surface area contributed by atoms with Gasteiger partial charge in [-0.15, -0.1) is 0 Å². The summed E-state index contributed by atoms with van der Waals surface area (Å²) in [5, 5.41) is 20.5. The standard InChI is InChI=1S/C15H13NO4/c17-11-6-8-14-10(9-11)5-7-15(20-14)12-3-1-2-4-13(12)16(18)19/h1-4,6,8-9,15,17H,5,7H2. The highest BCUT2D eigenvalue weighted by atomic mass is 16.6. The minimum atomic E-state index is -0.384. The summed E-state index contributed by atoms with van der Waals surface area (Å²) < 4.78 is 5.85. The molecule has 5 nitrogen and oxygen atoms in total. The fraction of sp³-hybridized carbons (Fsp3) is 0.200. The van der Waals surface area contributed by atoms with Crippen LogP contribution in [0.15, 0.2) is 42.5 Å². The number of fused-ring (bicyclic) bond motifs is 1. The average molecular weight is 271 g/mol. The molecule has 2 aromatic carbocycles. The molecule has 0 aromatic heterocycles. The highest BCUT2D eigenvalue weighted by Gasteiger charge is 2.27. The van der Waals surface area contributed by atoms with Crippen LogP contribution in [0.25, 0.3) is 0 Å². The van der Waals surface area contributed by atoms with Crippen LogP contribution in [0.2, 0.25) is 0 Å². The Bertz CT molecular complexity index is 669. The summed E-state index contributed by atoms with van der Waals surface area (Å²) in [5.74, 6) is 0.883. The van der Waals surface area contributed by atoms with Gasteiger partial charge in [0.15, 0.2) is 0 Å². The highest BCUT2D eigenvalue weighted by molar-refractivity contribution is 5.45. The van der Waals surface area contributed by atoms with Gasteiger partial charge in [0.2, 0.25) is 0 Å². The van der Waals surface area contributed by atoms with E-state index in [1.165, 1.54) is 6.07 Å². The minimum absolute atomic E-state index is 0.0831. The number of hydrogen-bond acceptors (Lipinski definition) is 4. The van der Waals surface area contributed by atoms with Gasteiger partial charge in [-0.1, -0.05) is 12.1 Å². The number of ether oxygens (including phenoxy) is 1. The van der Waals surface area contributed by atoms with Crippen molar-refractivity contribution in [3.05, 3.63) is 63.7 Å². The Morgan fingerprint density at radius 3 is 2.85 bits per heavy atom. The van der Waals surface area contributed by atoms with Crippen LogP contribution in [0, 0.1) is 10.1 Å². The second-order valence-electron chi connectivity index (χ2n) is 4.75. The number of nitro groups is 1. The van der Waals surface area contributed by atoms with Crippen molar-refractivity contribution in [3.8, 4) is 11.5 Å². The highest BCUT2D eigenvalue weighted by Crippen LogP contribution is 2.38. The first kappa shape index (κ1) is 12.5. The van der Waals surface area contributed by atoms with Crippen molar-refractivity contribution >= 4 is 5.69 Å². The molecule has 1 heterocycles. The van der Waals surface area contributed by atoms with Crippen LogP contribution in [0.4, 0.5) is 5.69 Å². The first-order chi connectivity index (χ1) is 9.65. The molecule has 0 amide bonds. The van der Waals surface area contributed by atoms with Crippen LogP contribution in [0.1, 0.15) is 23.7 Å². The van der Waals surface area contributed by atoms with Gasteiger partial charge in [-0.25, -0.2) is 0 Å². The molecule has 3 rings (SSSR count). The minimum Gasteiger partial charge on any atom is -0.508 e. The van der Waals surface area contributed by atoms with Crippen LogP contribution in [-0.2, 0) is 6.42 Å². The van der Waals surface area contributed by atoms with E-state index in [0.29, 0.717) is 17.7 Å². The Kier molecular flexibility index (Phi) is 3.02. The van der Waals surface area contributed by atoms with Gasteiger partial charge in [0.05, 0.1) is 10.5 Å². The maximum absolute atomic E-state index is 11.1. The van der Waals surface area contributed by atoms with Gasteiger partial charge < -0.3 is 9.84 Å². The van der Waals surface area contributed by atoms with Crippen LogP contribution < -0.4 is 4.74 Å². The molecule has 0 fully saturated rings. The molecule has 1 aliphatic rings. The number of phenolic OH excluding ortho intramolecular Hbond substituents is 1. The van der Waals surface area contributed by atoms with Gasteiger partial charge >= 0.3 is 0 Å². The number of nitro benzene ring substituents is 1. The molecule has 0 spiro atoms. The van der Waals surface area contributed by atoms with Crippen LogP contribution in [0.3, 0.4) is 0 Å². The molecule has 0 bridgehead atoms. The monoisotopic (exact) mass is 271 g/mol. The van der Waals surface area contributed by atoms with E-state index in [0.717, 1.165) is 12.0 Å². The van der Waals surface area contributed by atoms with Gasteiger partial charge in [-0.3, -0.25) is 10.1 Å². The number of phenols is 1. The summed E-state index contributed by atoms with van der Waals surface area (Å²) in [6.45, 7) is 0. The van der Waals surface area contributed by atoms with E-state index in [4.69, 9.17) is 4.74 Å². The average Bonchev–Trinajstić information content (AvgIpc) is 2.46. The first-order valence-corrected chi connectivity index (χ1v) is 6.37. The van der Waals surface area contributed by atoms with Crippen molar-refractivity contribution in [2.24, 2.45) is 0 Å². The van der Waals surface area contributed by atoms with E-state index in [1.54, 1.807) is 36.4 Å². The van der Waals surface area contributed by atoms with Crippen LogP contribution >= 0.6 is 0 Å². The van der Waals surface area contributed by atoms with E-state index in [1.807, 2.05) is 0 Å². The van der Waals surface area contributed by atoms with Crippen molar-refractivity contribution in [2.45, 2.75) is 18.9 Å². The lowest BCUT2D eigenvalue weighted by Crippen LogP contribution is -2.16. The normalized spacial score (nSPS) is 17.1. The molecule has 1 aliphatic heterocycles. The molecule has 1 unspecified atom stereocenters. The third-order valence-electron chi connectivity index (χ3n) is 3.47. The third-order valence-corrected chi connectivity index (χ3v) is 3.47. The van der Waals surface area contributed by atoms with Crippen molar-refractivity contribution in [1.29, 1.82) is 0 Å². The maximum atomic E-state index is 11.1. The Hall–Kier alpha value is -2.56. The summed E-state index contributed by atoms with van der Waals surface area (Å²) in [6.07, 6.45) is 1.05. The van der Waals surface area contributed by atoms with Crippen molar-refractivity contribution < 1.29 is 14.8 Å². The SMILES string of the molecule is O=[N+]([O-])c1ccccc1C1CCc2cc(O)ccc2O1. The molecule has 0 aliphatic carbocycles. The number of hydrogen-bond donors (Lipinski definition) is 1. The lowest BCUT2D eigenvalue weighted by atomic mass is 9.96. The molecular formula is C15H13NO4. The third kappa shape index (κ3) is 2.18. The molecule has 0 radical (unpaired) electrons. The lowest BCUT2D eigenvalue weighted by molar-refractivity contribution is -0.386. The Morgan fingerprint density at radius 2 is 2.05 bits per heavy atom. The number of rotatable bonds is 2. The molecule has 0 saturated heterocycles. The van der Waals surface area contributed by atoms with E-state index in [-0.39, 0.29) is 22.5 Å². The number of aryl methyl sites for hydroxylation is 1. The van der Waals surface area contributed by atoms with E-state index in [2.05, 4.69) is 0 Å². The fourth-order valence-electron chi connectivity index (χ4n) is 2.52. The van der Waals surface area contributed by atoms with Crippen molar-refractivity contribution in [2.75, 3.05) is 0 Å². The number of nitrogens with zero attached hydrogens (tertiary/aromatic N) is 1. The van der Waals surface area contributed by atoms with Gasteiger partial charge in [0, 0.05) is 6.07 Å². The van der Waals surface area contributed by atoms with Gasteiger partial charge in [0.1, 0.15) is 17.6 Å². The summed E-state index contributed by atoms with van der Waals surface area (Å²) >= 11 is 0. The van der Waals surface area contributed by atoms with Crippen molar-refractivity contribution in [3.63, 3.8) is 0 Å². The molecule has 1 atom stereocenters. The van der Waals surface area contributed by atoms with Gasteiger partial charge in [-0.2, -0.15) is 0 Å². The zero-order valence-corrected chi connectivity index (χ0v) is 10.7. The van der Waals surface area contributed by atoms with Crippen LogP contribution in [-0.4, -0.2) is 10.0 Å². The molecule has 0 saturated carbocycles. The molecule has 1 N–H and O–H groups in total. The molecule has 102 valence electrons. The van der Waals surface area contributed by atoms with E-state index in [9.17, 15) is 15.2 Å². The fourth-order valence-corrected chi connectivity index (χ4v) is 2.52.